The molecule has 10 heteroatoms. The molecule has 42 heavy (non-hydrogen) atoms. The molecule has 1 amide bonds. The second-order valence-electron chi connectivity index (χ2n) is 12.6. The highest BCUT2D eigenvalue weighted by Gasteiger charge is 2.54. The molecule has 2 fully saturated rings. The summed E-state index contributed by atoms with van der Waals surface area (Å²) < 4.78 is 47.0. The number of hydrogen-bond donors (Lipinski definition) is 2. The van der Waals surface area contributed by atoms with E-state index in [9.17, 15) is 15.0 Å². The maximum atomic E-state index is 15.8. The first-order chi connectivity index (χ1) is 20.0. The van der Waals surface area contributed by atoms with Gasteiger partial charge in [0.1, 0.15) is 18.1 Å². The number of hydrazine groups is 1. The molecule has 1 aromatic heterocycles. The van der Waals surface area contributed by atoms with Crippen molar-refractivity contribution in [1.82, 2.24) is 14.9 Å². The Morgan fingerprint density at radius 2 is 1.86 bits per heavy atom. The second kappa shape index (κ2) is 8.49. The van der Waals surface area contributed by atoms with E-state index in [0.29, 0.717) is 29.7 Å². The number of carbonyl (C=O) groups is 1. The third-order valence-electron chi connectivity index (χ3n) is 9.44. The van der Waals surface area contributed by atoms with Crippen LogP contribution < -0.4 is 0 Å². The van der Waals surface area contributed by atoms with Crippen molar-refractivity contribution in [1.29, 1.82) is 0 Å². The molecule has 3 atom stereocenters. The SMILES string of the molecule is CC1(C)CCN2C(=O)C3=C(O)C(O)C=CN3N([C@@H]3c4ccccc4-c4scc5c4-c4c3ccc(F)c4C(F)(F)C5)[C@@H]2C1. The van der Waals surface area contributed by atoms with Gasteiger partial charge in [0.2, 0.25) is 0 Å². The Morgan fingerprint density at radius 1 is 1.07 bits per heavy atom. The molecule has 4 heterocycles. The van der Waals surface area contributed by atoms with E-state index in [1.807, 2.05) is 29.3 Å². The highest BCUT2D eigenvalue weighted by molar-refractivity contribution is 7.14. The molecule has 216 valence electrons. The topological polar surface area (TPSA) is 67.2 Å². The summed E-state index contributed by atoms with van der Waals surface area (Å²) in [5.41, 5.74) is 2.71. The fraction of sp³-hybridized carbons (Fsp3) is 0.344. The first-order valence-electron chi connectivity index (χ1n) is 14.1. The van der Waals surface area contributed by atoms with Crippen LogP contribution in [0.3, 0.4) is 0 Å². The molecule has 0 saturated carbocycles. The molecule has 3 aromatic rings. The molecule has 2 N–H and O–H groups in total. The van der Waals surface area contributed by atoms with Gasteiger partial charge in [-0.2, -0.15) is 5.01 Å². The van der Waals surface area contributed by atoms with Crippen LogP contribution >= 0.6 is 11.3 Å². The average molecular weight is 592 g/mol. The van der Waals surface area contributed by atoms with E-state index >= 15 is 13.2 Å². The Labute approximate surface area is 244 Å². The van der Waals surface area contributed by atoms with Crippen molar-refractivity contribution in [3.8, 4) is 21.6 Å². The quantitative estimate of drug-likeness (QED) is 0.341. The van der Waals surface area contributed by atoms with Gasteiger partial charge in [0, 0.05) is 35.2 Å². The zero-order valence-corrected chi connectivity index (χ0v) is 23.8. The van der Waals surface area contributed by atoms with Gasteiger partial charge in [0.25, 0.3) is 11.8 Å². The van der Waals surface area contributed by atoms with Crippen molar-refractivity contribution in [3.63, 3.8) is 0 Å². The van der Waals surface area contributed by atoms with E-state index in [1.165, 1.54) is 17.4 Å². The van der Waals surface area contributed by atoms with Gasteiger partial charge in [-0.25, -0.2) is 13.2 Å². The van der Waals surface area contributed by atoms with Gasteiger partial charge >= 0.3 is 0 Å². The highest BCUT2D eigenvalue weighted by Crippen LogP contribution is 2.59. The number of benzene rings is 2. The Balaban J connectivity index is 1.46. The number of rotatable bonds is 1. The molecule has 6 nitrogen and oxygen atoms in total. The molecule has 0 bridgehead atoms. The number of aliphatic hydroxyl groups excluding tert-OH is 2. The Bertz CT molecular complexity index is 1760. The van der Waals surface area contributed by atoms with Crippen LogP contribution in [-0.2, 0) is 17.1 Å². The van der Waals surface area contributed by atoms with Gasteiger partial charge in [-0.1, -0.05) is 44.2 Å². The van der Waals surface area contributed by atoms with Gasteiger partial charge in [-0.3, -0.25) is 9.80 Å². The minimum atomic E-state index is -3.41. The summed E-state index contributed by atoms with van der Waals surface area (Å²) in [4.78, 5) is 16.4. The number of nitrogens with zero attached hydrogens (tertiary/aromatic N) is 3. The Kier molecular flexibility index (Phi) is 5.27. The fourth-order valence-corrected chi connectivity index (χ4v) is 8.61. The number of aliphatic hydroxyl groups is 2. The van der Waals surface area contributed by atoms with Gasteiger partial charge in [0.15, 0.2) is 11.5 Å². The van der Waals surface area contributed by atoms with E-state index in [4.69, 9.17) is 0 Å². The van der Waals surface area contributed by atoms with Crippen LogP contribution in [-0.4, -0.2) is 49.9 Å². The summed E-state index contributed by atoms with van der Waals surface area (Å²) in [5, 5.41) is 26.8. The van der Waals surface area contributed by atoms with Crippen molar-refractivity contribution in [2.24, 2.45) is 5.41 Å². The summed E-state index contributed by atoms with van der Waals surface area (Å²) in [7, 11) is 0. The molecule has 2 saturated heterocycles. The number of thiophene rings is 1. The molecular weight excluding hydrogens is 563 g/mol. The Morgan fingerprint density at radius 3 is 2.67 bits per heavy atom. The lowest BCUT2D eigenvalue weighted by Gasteiger charge is -2.57. The van der Waals surface area contributed by atoms with E-state index < -0.39 is 53.7 Å². The van der Waals surface area contributed by atoms with Crippen LogP contribution in [0, 0.1) is 11.2 Å². The van der Waals surface area contributed by atoms with Gasteiger partial charge < -0.3 is 15.1 Å². The number of hydrogen-bond acceptors (Lipinski definition) is 6. The maximum absolute atomic E-state index is 15.8. The lowest BCUT2D eigenvalue weighted by Crippen LogP contribution is -2.67. The molecule has 0 spiro atoms. The number of piperidine rings is 1. The van der Waals surface area contributed by atoms with Crippen LogP contribution in [0.1, 0.15) is 55.0 Å². The Hall–Kier alpha value is -3.60. The molecule has 8 rings (SSSR count). The van der Waals surface area contributed by atoms with Crippen molar-refractivity contribution >= 4 is 17.2 Å². The molecule has 2 aliphatic carbocycles. The lowest BCUT2D eigenvalue weighted by molar-refractivity contribution is -0.180. The first kappa shape index (κ1) is 26.1. The molecule has 1 unspecified atom stereocenters. The van der Waals surface area contributed by atoms with Crippen LogP contribution in [0.25, 0.3) is 21.6 Å². The fourth-order valence-electron chi connectivity index (χ4n) is 7.48. The minimum absolute atomic E-state index is 0.0700. The van der Waals surface area contributed by atoms with E-state index in [-0.39, 0.29) is 16.7 Å². The van der Waals surface area contributed by atoms with Crippen molar-refractivity contribution < 1.29 is 28.2 Å². The molecule has 2 aromatic carbocycles. The van der Waals surface area contributed by atoms with Crippen LogP contribution in [0.2, 0.25) is 0 Å². The summed E-state index contributed by atoms with van der Waals surface area (Å²) in [6, 6.07) is 9.71. The smallest absolute Gasteiger partial charge is 0.280 e. The largest absolute Gasteiger partial charge is 0.507 e. The number of fused-ring (bicyclic) bond motifs is 4. The average Bonchev–Trinajstić information content (AvgIpc) is 3.30. The van der Waals surface area contributed by atoms with Gasteiger partial charge in [-0.05, 0) is 58.0 Å². The maximum Gasteiger partial charge on any atom is 0.280 e. The van der Waals surface area contributed by atoms with Crippen LogP contribution in [0.4, 0.5) is 13.2 Å². The monoisotopic (exact) mass is 591 g/mol. The summed E-state index contributed by atoms with van der Waals surface area (Å²) in [6.45, 7) is 4.69. The van der Waals surface area contributed by atoms with Crippen LogP contribution in [0.15, 0.2) is 65.5 Å². The standard InChI is InChI=1S/C32H28F3N3O3S/c1-31(2)10-12-36-22(14-31)38(37-11-9-21(39)28(40)27(37)30(36)41)26-17-5-3-4-6-18(17)29-23-16(15-42-29)13-32(34,35)25-20(33)8-7-19(26)24(23)25/h3-9,11,15,21-22,26,39-40H,10,12-14H2,1-2H3/t21?,22-,26-/m1/s1. The number of alkyl halides is 2. The highest BCUT2D eigenvalue weighted by atomic mass is 32.1. The predicted molar refractivity (Wildman–Crippen MR) is 152 cm³/mol. The molecule has 3 aliphatic heterocycles. The van der Waals surface area contributed by atoms with Gasteiger partial charge in [0.05, 0.1) is 11.6 Å². The number of halogens is 3. The van der Waals surface area contributed by atoms with Crippen molar-refractivity contribution in [2.45, 2.75) is 57.3 Å². The zero-order chi connectivity index (χ0) is 29.3. The van der Waals surface area contributed by atoms with Crippen molar-refractivity contribution in [3.05, 3.63) is 93.6 Å². The minimum Gasteiger partial charge on any atom is -0.507 e. The van der Waals surface area contributed by atoms with E-state index in [2.05, 4.69) is 13.8 Å². The first-order valence-corrected chi connectivity index (χ1v) is 15.0. The van der Waals surface area contributed by atoms with Gasteiger partial charge in [-0.15, -0.1) is 11.3 Å². The number of amides is 1. The molecule has 0 radical (unpaired) electrons. The zero-order valence-electron chi connectivity index (χ0n) is 22.9. The van der Waals surface area contributed by atoms with Crippen molar-refractivity contribution in [2.75, 3.05) is 6.54 Å². The third-order valence-corrected chi connectivity index (χ3v) is 10.5. The number of carbonyl (C=O) groups excluding carboxylic acids is 1. The summed E-state index contributed by atoms with van der Waals surface area (Å²) in [6.07, 6.45) is 1.84. The van der Waals surface area contributed by atoms with E-state index in [1.54, 1.807) is 27.6 Å². The van der Waals surface area contributed by atoms with Crippen LogP contribution in [0.5, 0.6) is 0 Å². The van der Waals surface area contributed by atoms with E-state index in [0.717, 1.165) is 28.5 Å². The predicted octanol–water partition coefficient (Wildman–Crippen LogP) is 6.44. The summed E-state index contributed by atoms with van der Waals surface area (Å²) >= 11 is 1.38. The molecular formula is C32H28F3N3O3S. The molecule has 5 aliphatic rings. The summed E-state index contributed by atoms with van der Waals surface area (Å²) in [5.74, 6) is -5.22. The lowest BCUT2D eigenvalue weighted by atomic mass is 9.78. The third kappa shape index (κ3) is 3.37. The second-order valence-corrected chi connectivity index (χ2v) is 13.4. The normalized spacial score (nSPS) is 26.8.